The van der Waals surface area contributed by atoms with E-state index in [2.05, 4.69) is 351 Å². The third-order valence-corrected chi connectivity index (χ3v) is 22.9. The number of anilines is 6. The minimum Gasteiger partial charge on any atom is -0.311 e. The molecule has 470 valence electrons. The predicted octanol–water partition coefficient (Wildman–Crippen LogP) is 23.2. The van der Waals surface area contributed by atoms with Crippen LogP contribution in [0.4, 0.5) is 34.1 Å². The van der Waals surface area contributed by atoms with Gasteiger partial charge in [0.1, 0.15) is 0 Å². The van der Waals surface area contributed by atoms with Gasteiger partial charge < -0.3 is 14.4 Å². The first-order valence-electron chi connectivity index (χ1n) is 35.0. The number of hydrogen-bond acceptors (Lipinski definition) is 2. The first-order chi connectivity index (χ1) is 46.2. The van der Waals surface area contributed by atoms with Crippen molar-refractivity contribution in [2.45, 2.75) is 129 Å². The number of rotatable bonds is 8. The van der Waals surface area contributed by atoms with Gasteiger partial charge in [0.15, 0.2) is 0 Å². The summed E-state index contributed by atoms with van der Waals surface area (Å²) in [5.41, 5.74) is 34.2. The molecule has 1 aromatic heterocycles. The molecule has 0 saturated carbocycles. The van der Waals surface area contributed by atoms with Crippen molar-refractivity contribution in [3.63, 3.8) is 0 Å². The highest BCUT2D eigenvalue weighted by Crippen LogP contribution is 2.52. The summed E-state index contributed by atoms with van der Waals surface area (Å²) in [6, 6.07) is 101. The maximum absolute atomic E-state index is 2.61. The minimum atomic E-state index is -0.111. The molecule has 96 heavy (non-hydrogen) atoms. The lowest BCUT2D eigenvalue weighted by Gasteiger charge is -2.44. The van der Waals surface area contributed by atoms with E-state index in [9.17, 15) is 0 Å². The fourth-order valence-corrected chi connectivity index (χ4v) is 17.0. The third kappa shape index (κ3) is 9.75. The topological polar surface area (TPSA) is 11.4 Å². The minimum absolute atomic E-state index is 0.0369. The molecule has 0 radical (unpaired) electrons. The van der Waals surface area contributed by atoms with Gasteiger partial charge in [-0.2, -0.15) is 0 Å². The van der Waals surface area contributed by atoms with Gasteiger partial charge in [-0.1, -0.05) is 264 Å². The zero-order valence-electron chi connectivity index (χ0n) is 57.6. The maximum Gasteiger partial charge on any atom is 0.252 e. The van der Waals surface area contributed by atoms with Crippen LogP contribution in [0.15, 0.2) is 261 Å². The largest absolute Gasteiger partial charge is 0.311 e. The molecule has 3 nitrogen and oxygen atoms in total. The van der Waals surface area contributed by atoms with Gasteiger partial charge in [-0.3, -0.25) is 0 Å². The lowest BCUT2D eigenvalue weighted by Crippen LogP contribution is -2.61. The van der Waals surface area contributed by atoms with Crippen molar-refractivity contribution in [3.8, 4) is 61.3 Å². The second kappa shape index (κ2) is 21.8. The normalized spacial score (nSPS) is 16.2. The van der Waals surface area contributed by atoms with E-state index in [1.54, 1.807) is 0 Å². The van der Waals surface area contributed by atoms with E-state index in [4.69, 9.17) is 0 Å². The molecule has 2 aliphatic carbocycles. The van der Waals surface area contributed by atoms with Crippen molar-refractivity contribution in [3.05, 3.63) is 289 Å². The molecule has 0 fully saturated rings. The van der Waals surface area contributed by atoms with Crippen LogP contribution >= 0.6 is 0 Å². The van der Waals surface area contributed by atoms with Gasteiger partial charge >= 0.3 is 0 Å². The summed E-state index contributed by atoms with van der Waals surface area (Å²) in [6.07, 6.45) is 4.74. The van der Waals surface area contributed by atoms with Gasteiger partial charge in [-0.25, -0.2) is 0 Å². The highest BCUT2D eigenvalue weighted by molar-refractivity contribution is 7.00. The molecule has 4 heteroatoms. The number of aromatic nitrogens is 1. The molecule has 4 aliphatic rings. The average Bonchev–Trinajstić information content (AvgIpc) is 0.839. The van der Waals surface area contributed by atoms with Crippen molar-refractivity contribution in [1.82, 2.24) is 4.57 Å². The van der Waals surface area contributed by atoms with Crippen molar-refractivity contribution in [2.75, 3.05) is 9.80 Å². The number of fused-ring (bicyclic) bond motifs is 9. The summed E-state index contributed by atoms with van der Waals surface area (Å²) in [5.74, 6) is 0. The molecular weight excluding hydrogens is 1160 g/mol. The molecule has 0 spiro atoms. The van der Waals surface area contributed by atoms with E-state index in [-0.39, 0.29) is 33.8 Å². The number of hydrogen-bond donors (Lipinski definition) is 0. The molecule has 0 unspecified atom stereocenters. The molecule has 2 aliphatic heterocycles. The van der Waals surface area contributed by atoms with Gasteiger partial charge in [0, 0.05) is 50.6 Å². The van der Waals surface area contributed by atoms with Crippen molar-refractivity contribution in [2.24, 2.45) is 0 Å². The van der Waals surface area contributed by atoms with Crippen molar-refractivity contribution >= 4 is 79.0 Å². The Labute approximate surface area is 568 Å². The summed E-state index contributed by atoms with van der Waals surface area (Å²) in [4.78, 5) is 5.22. The fraction of sp³-hybridized carbons (Fsp3) is 0.217. The van der Waals surface area contributed by atoms with Crippen LogP contribution < -0.4 is 26.2 Å². The number of nitrogens with zero attached hydrogens (tertiary/aromatic N) is 3. The molecule has 0 bridgehead atoms. The Kier molecular flexibility index (Phi) is 13.6. The molecule has 0 amide bonds. The van der Waals surface area contributed by atoms with Crippen LogP contribution in [0.2, 0.25) is 0 Å². The molecule has 12 aromatic carbocycles. The molecular formula is C92H84BN3. The van der Waals surface area contributed by atoms with Crippen LogP contribution in [0.5, 0.6) is 0 Å². The van der Waals surface area contributed by atoms with Gasteiger partial charge in [0.05, 0.1) is 11.0 Å². The zero-order valence-corrected chi connectivity index (χ0v) is 57.6. The van der Waals surface area contributed by atoms with Gasteiger partial charge in [-0.15, -0.1) is 0 Å². The summed E-state index contributed by atoms with van der Waals surface area (Å²) in [5, 5.41) is 2.48. The highest BCUT2D eigenvalue weighted by atomic mass is 15.2. The summed E-state index contributed by atoms with van der Waals surface area (Å²) in [6.45, 7) is 26.2. The molecule has 17 rings (SSSR count). The highest BCUT2D eigenvalue weighted by Gasteiger charge is 2.45. The lowest BCUT2D eigenvalue weighted by atomic mass is 9.33. The van der Waals surface area contributed by atoms with E-state index in [0.717, 1.165) is 17.1 Å². The van der Waals surface area contributed by atoms with Gasteiger partial charge in [0.2, 0.25) is 0 Å². The van der Waals surface area contributed by atoms with Crippen molar-refractivity contribution < 1.29 is 0 Å². The van der Waals surface area contributed by atoms with E-state index in [1.807, 2.05) is 0 Å². The summed E-state index contributed by atoms with van der Waals surface area (Å²) < 4.78 is 2.50. The number of benzene rings is 12. The third-order valence-electron chi connectivity index (χ3n) is 22.9. The van der Waals surface area contributed by atoms with Crippen LogP contribution in [0, 0.1) is 0 Å². The Morgan fingerprint density at radius 2 is 0.667 bits per heavy atom. The Bertz CT molecular complexity index is 5250. The molecule has 0 N–H and O–H groups in total. The van der Waals surface area contributed by atoms with E-state index < -0.39 is 0 Å². The lowest BCUT2D eigenvalue weighted by molar-refractivity contribution is 0.332. The summed E-state index contributed by atoms with van der Waals surface area (Å²) >= 11 is 0. The second-order valence-electron chi connectivity index (χ2n) is 31.8. The second-order valence-corrected chi connectivity index (χ2v) is 31.8. The predicted molar refractivity (Wildman–Crippen MR) is 411 cm³/mol. The van der Waals surface area contributed by atoms with Crippen LogP contribution in [0.1, 0.15) is 130 Å². The van der Waals surface area contributed by atoms with Gasteiger partial charge in [0.25, 0.3) is 6.71 Å². The monoisotopic (exact) mass is 1240 g/mol. The van der Waals surface area contributed by atoms with Crippen LogP contribution in [0.3, 0.4) is 0 Å². The molecule has 13 aromatic rings. The smallest absolute Gasteiger partial charge is 0.252 e. The fourth-order valence-electron chi connectivity index (χ4n) is 17.0. The molecule has 3 heterocycles. The first kappa shape index (κ1) is 59.8. The van der Waals surface area contributed by atoms with E-state index in [0.29, 0.717) is 0 Å². The quantitative estimate of drug-likeness (QED) is 0.141. The van der Waals surface area contributed by atoms with Crippen LogP contribution in [-0.2, 0) is 27.1 Å². The van der Waals surface area contributed by atoms with Crippen LogP contribution in [0.25, 0.3) is 83.1 Å². The van der Waals surface area contributed by atoms with E-state index >= 15 is 0 Å². The standard InChI is InChI=1S/C92H84BN3/c1-88(2,3)69-36-26-61(27-37-69)67-34-45-79-83(55-67)94(70-38-28-62(29-39-70)65-32-43-75-77(53-65)91(8,9)50-48-89(75,4)5)85-56-68(60-22-16-13-17-23-60)57-86-87(85)93(79)80-46-42-72(96-81-25-19-18-24-73(81)74-52-64(35-47-82(74)96)59-20-14-12-15-21-59)58-84(80)95(86)71-40-30-63(31-41-71)66-33-44-76-78(54-66)92(10,11)51-49-90(76,6)7/h12-47,52-58H,48-51H2,1-11H3. The average molecular weight is 1240 g/mol. The van der Waals surface area contributed by atoms with Gasteiger partial charge in [-0.05, 0) is 225 Å². The molecule has 0 atom stereocenters. The SMILES string of the molecule is CC(C)(C)c1ccc(-c2ccc3c(c2)N(c2ccc(-c4ccc5c(c4)C(C)(C)CCC5(C)C)cc2)c2cc(-c4ccccc4)cc4c2B3c2ccc(-n3c5ccccc5c5cc(-c6ccccc6)ccc53)cc2N4c2ccc(-c3ccc4c(c3)C(C)(C)CCC4(C)C)cc2)cc1. The van der Waals surface area contributed by atoms with Crippen LogP contribution in [-0.4, -0.2) is 11.3 Å². The Balaban J connectivity index is 0.901. The molecule has 0 saturated heterocycles. The first-order valence-corrected chi connectivity index (χ1v) is 35.0. The number of para-hydroxylation sites is 1. The Morgan fingerprint density at radius 3 is 1.20 bits per heavy atom. The van der Waals surface area contributed by atoms with Crippen molar-refractivity contribution in [1.29, 1.82) is 0 Å². The zero-order chi connectivity index (χ0) is 65.8. The Hall–Kier alpha value is -9.90. The van der Waals surface area contributed by atoms with E-state index in [1.165, 1.54) is 170 Å². The Morgan fingerprint density at radius 1 is 0.292 bits per heavy atom. The summed E-state index contributed by atoms with van der Waals surface area (Å²) in [7, 11) is 0. The maximum atomic E-state index is 2.61.